The van der Waals surface area contributed by atoms with E-state index in [4.69, 9.17) is 25.4 Å². The molecule has 0 aliphatic heterocycles. The fourth-order valence-corrected chi connectivity index (χ4v) is 2.91. The van der Waals surface area contributed by atoms with Gasteiger partial charge in [0, 0.05) is 19.3 Å². The molecule has 0 unspecified atom stereocenters. The van der Waals surface area contributed by atoms with Crippen molar-refractivity contribution < 1.29 is 23.7 Å². The second kappa shape index (κ2) is 7.24. The number of rotatable bonds is 6. The summed E-state index contributed by atoms with van der Waals surface area (Å²) in [5, 5.41) is 0. The Bertz CT molecular complexity index is 682. The molecular weight excluding hydrogens is 308 g/mol. The molecule has 1 aliphatic rings. The van der Waals surface area contributed by atoms with Crippen molar-refractivity contribution in [3.05, 3.63) is 53.5 Å². The zero-order valence-electron chi connectivity index (χ0n) is 14.2. The van der Waals surface area contributed by atoms with E-state index in [-0.39, 0.29) is 5.78 Å². The number of allylic oxidation sites excluding steroid dienone is 2. The van der Waals surface area contributed by atoms with Crippen LogP contribution in [-0.4, -0.2) is 39.8 Å². The van der Waals surface area contributed by atoms with E-state index in [2.05, 4.69) is 5.92 Å². The lowest BCUT2D eigenvalue weighted by Crippen LogP contribution is -2.45. The maximum atomic E-state index is 11.9. The lowest BCUT2D eigenvalue weighted by Gasteiger charge is -2.40. The van der Waals surface area contributed by atoms with Gasteiger partial charge in [0.1, 0.15) is 17.3 Å². The van der Waals surface area contributed by atoms with Crippen LogP contribution >= 0.6 is 0 Å². The van der Waals surface area contributed by atoms with Crippen molar-refractivity contribution in [2.24, 2.45) is 0 Å². The molecule has 0 fully saturated rings. The average molecular weight is 328 g/mol. The van der Waals surface area contributed by atoms with Crippen molar-refractivity contribution in [2.75, 3.05) is 28.4 Å². The predicted octanol–water partition coefficient (Wildman–Crippen LogP) is 2.44. The molecule has 1 atom stereocenters. The number of terminal acetylenes is 1. The second-order valence-electron chi connectivity index (χ2n) is 5.14. The summed E-state index contributed by atoms with van der Waals surface area (Å²) < 4.78 is 21.8. The molecule has 0 spiro atoms. The Hall–Kier alpha value is -2.71. The monoisotopic (exact) mass is 328 g/mol. The molecular formula is C19H20O5. The van der Waals surface area contributed by atoms with Crippen molar-refractivity contribution in [1.29, 1.82) is 0 Å². The van der Waals surface area contributed by atoms with Gasteiger partial charge in [-0.05, 0) is 17.7 Å². The highest BCUT2D eigenvalue weighted by Gasteiger charge is 2.51. The third kappa shape index (κ3) is 2.77. The first-order valence-electron chi connectivity index (χ1n) is 7.28. The van der Waals surface area contributed by atoms with Gasteiger partial charge in [0.25, 0.3) is 0 Å². The minimum Gasteiger partial charge on any atom is -0.497 e. The van der Waals surface area contributed by atoms with Crippen LogP contribution < -0.4 is 4.74 Å². The number of carbonyl (C=O) groups is 1. The second-order valence-corrected chi connectivity index (χ2v) is 5.14. The summed E-state index contributed by atoms with van der Waals surface area (Å²) in [5.74, 6) is 3.23. The molecule has 0 saturated carbocycles. The molecule has 0 N–H and O–H groups in total. The van der Waals surface area contributed by atoms with Crippen LogP contribution in [0.15, 0.2) is 47.9 Å². The van der Waals surface area contributed by atoms with Crippen molar-refractivity contribution in [3.63, 3.8) is 0 Å². The number of hydrogen-bond acceptors (Lipinski definition) is 5. The number of ketones is 1. The van der Waals surface area contributed by atoms with Gasteiger partial charge in [0.2, 0.25) is 0 Å². The maximum absolute atomic E-state index is 11.9. The molecule has 0 radical (unpaired) electrons. The van der Waals surface area contributed by atoms with E-state index >= 15 is 0 Å². The molecule has 0 saturated heterocycles. The van der Waals surface area contributed by atoms with Gasteiger partial charge < -0.3 is 18.9 Å². The molecule has 5 heteroatoms. The number of hydrogen-bond donors (Lipinski definition) is 0. The van der Waals surface area contributed by atoms with Crippen molar-refractivity contribution in [2.45, 2.75) is 11.5 Å². The van der Waals surface area contributed by atoms with Crippen LogP contribution in [0.1, 0.15) is 11.5 Å². The zero-order chi connectivity index (χ0) is 17.7. The number of methoxy groups -OCH3 is 4. The highest BCUT2D eigenvalue weighted by Crippen LogP contribution is 2.45. The number of ether oxygens (including phenoxy) is 4. The highest BCUT2D eigenvalue weighted by atomic mass is 16.6. The summed E-state index contributed by atoms with van der Waals surface area (Å²) in [7, 11) is 6.03. The molecule has 5 nitrogen and oxygen atoms in total. The average Bonchev–Trinajstić information content (AvgIpc) is 2.63. The van der Waals surface area contributed by atoms with Crippen molar-refractivity contribution in [1.82, 2.24) is 0 Å². The molecule has 2 rings (SSSR count). The van der Waals surface area contributed by atoms with Gasteiger partial charge in [-0.2, -0.15) is 0 Å². The topological polar surface area (TPSA) is 54.0 Å². The molecule has 0 heterocycles. The molecule has 1 aliphatic carbocycles. The lowest BCUT2D eigenvalue weighted by atomic mass is 9.76. The predicted molar refractivity (Wildman–Crippen MR) is 89.5 cm³/mol. The fraction of sp³-hybridized carbons (Fsp3) is 0.316. The summed E-state index contributed by atoms with van der Waals surface area (Å²) in [5.41, 5.74) is -0.416. The molecule has 1 aromatic rings. The van der Waals surface area contributed by atoms with Crippen LogP contribution in [0.3, 0.4) is 0 Å². The van der Waals surface area contributed by atoms with Crippen molar-refractivity contribution >= 4 is 5.78 Å². The Morgan fingerprint density at radius 2 is 1.50 bits per heavy atom. The quantitative estimate of drug-likeness (QED) is 0.751. The van der Waals surface area contributed by atoms with Crippen molar-refractivity contribution in [3.8, 4) is 18.1 Å². The molecule has 1 aromatic carbocycles. The van der Waals surface area contributed by atoms with Gasteiger partial charge in [-0.3, -0.25) is 4.79 Å². The van der Waals surface area contributed by atoms with Crippen LogP contribution in [0.4, 0.5) is 0 Å². The van der Waals surface area contributed by atoms with E-state index in [1.54, 1.807) is 7.11 Å². The largest absolute Gasteiger partial charge is 0.497 e. The summed E-state index contributed by atoms with van der Waals surface area (Å²) >= 11 is 0. The van der Waals surface area contributed by atoms with Gasteiger partial charge >= 0.3 is 0 Å². The van der Waals surface area contributed by atoms with Gasteiger partial charge in [-0.1, -0.05) is 18.1 Å². The third-order valence-corrected chi connectivity index (χ3v) is 4.06. The van der Waals surface area contributed by atoms with E-state index < -0.39 is 11.5 Å². The first-order chi connectivity index (χ1) is 11.6. The van der Waals surface area contributed by atoms with Gasteiger partial charge in [0.15, 0.2) is 11.4 Å². The maximum Gasteiger partial charge on any atom is 0.199 e. The highest BCUT2D eigenvalue weighted by molar-refractivity contribution is 6.01. The summed E-state index contributed by atoms with van der Waals surface area (Å²) in [6.45, 7) is 0. The summed E-state index contributed by atoms with van der Waals surface area (Å²) in [6, 6.07) is 7.31. The van der Waals surface area contributed by atoms with Crippen LogP contribution in [0.2, 0.25) is 0 Å². The van der Waals surface area contributed by atoms with E-state index in [0.717, 1.165) is 5.56 Å². The molecule has 126 valence electrons. The van der Waals surface area contributed by atoms with E-state index in [0.29, 0.717) is 17.3 Å². The molecule has 0 bridgehead atoms. The first kappa shape index (κ1) is 17.6. The SMILES string of the molecule is C#C[C@@H](c1ccc(OC)cc1)C1(OC)C(OC)=CC(=O)C=C1OC. The Morgan fingerprint density at radius 1 is 0.958 bits per heavy atom. The van der Waals surface area contributed by atoms with E-state index in [1.807, 2.05) is 24.3 Å². The van der Waals surface area contributed by atoms with Crippen LogP contribution in [0, 0.1) is 12.3 Å². The van der Waals surface area contributed by atoms with E-state index in [1.165, 1.54) is 33.5 Å². The van der Waals surface area contributed by atoms with Crippen LogP contribution in [0.5, 0.6) is 5.75 Å². The third-order valence-electron chi connectivity index (χ3n) is 4.06. The van der Waals surface area contributed by atoms with Crippen LogP contribution in [0.25, 0.3) is 0 Å². The minimum absolute atomic E-state index is 0.248. The lowest BCUT2D eigenvalue weighted by molar-refractivity contribution is -0.112. The Labute approximate surface area is 141 Å². The van der Waals surface area contributed by atoms with Crippen LogP contribution in [-0.2, 0) is 19.0 Å². The Kier molecular flexibility index (Phi) is 5.32. The summed E-state index contributed by atoms with van der Waals surface area (Å²) in [4.78, 5) is 11.9. The Morgan fingerprint density at radius 3 is 1.88 bits per heavy atom. The zero-order valence-corrected chi connectivity index (χ0v) is 14.2. The standard InChI is InChI=1S/C19H20O5/c1-6-16(13-7-9-15(21-2)10-8-13)19(24-5)17(22-3)11-14(20)12-18(19)23-4/h1,7-12,16H,2-5H3/t16-/m0/s1. The summed E-state index contributed by atoms with van der Waals surface area (Å²) in [6.07, 6.45) is 8.55. The van der Waals surface area contributed by atoms with Gasteiger partial charge in [-0.15, -0.1) is 6.42 Å². The Balaban J connectivity index is 2.63. The number of carbonyl (C=O) groups excluding carboxylic acids is 1. The minimum atomic E-state index is -1.22. The van der Waals surface area contributed by atoms with Gasteiger partial charge in [-0.25, -0.2) is 0 Å². The molecule has 0 amide bonds. The number of benzene rings is 1. The van der Waals surface area contributed by atoms with Gasteiger partial charge in [0.05, 0.1) is 27.2 Å². The normalized spacial score (nSPS) is 17.2. The smallest absolute Gasteiger partial charge is 0.199 e. The fourth-order valence-electron chi connectivity index (χ4n) is 2.91. The molecule has 0 aromatic heterocycles. The molecule has 24 heavy (non-hydrogen) atoms. The first-order valence-corrected chi connectivity index (χ1v) is 7.28. The van der Waals surface area contributed by atoms with E-state index in [9.17, 15) is 4.79 Å².